The molecule has 0 aliphatic heterocycles. The van der Waals surface area contributed by atoms with E-state index in [-0.39, 0.29) is 5.97 Å². The van der Waals surface area contributed by atoms with Crippen LogP contribution in [0, 0.1) is 18.3 Å². The molecule has 16 heavy (non-hydrogen) atoms. The Hall–Kier alpha value is -1.01. The molecule has 1 aliphatic rings. The monoisotopic (exact) mass is 223 g/mol. The Labute approximate surface area is 97.9 Å². The second-order valence-corrected chi connectivity index (χ2v) is 4.54. The second kappa shape index (κ2) is 5.91. The molecule has 0 aromatic heterocycles. The molecule has 0 amide bonds. The van der Waals surface area contributed by atoms with Gasteiger partial charge in [0, 0.05) is 0 Å². The highest BCUT2D eigenvalue weighted by atomic mass is 16.5. The van der Waals surface area contributed by atoms with Crippen LogP contribution in [0.25, 0.3) is 0 Å². The molecule has 1 aliphatic carbocycles. The zero-order valence-electron chi connectivity index (χ0n) is 10.2. The molecule has 3 nitrogen and oxygen atoms in total. The van der Waals surface area contributed by atoms with Crippen LogP contribution in [0.15, 0.2) is 0 Å². The Kier molecular flexibility index (Phi) is 4.82. The summed E-state index contributed by atoms with van der Waals surface area (Å²) in [6, 6.07) is 0. The zero-order chi connectivity index (χ0) is 12.0. The molecule has 1 rings (SSSR count). The van der Waals surface area contributed by atoms with Crippen molar-refractivity contribution >= 4 is 5.97 Å². The molecular formula is C13H21NO2. The van der Waals surface area contributed by atoms with Gasteiger partial charge in [0.25, 0.3) is 0 Å². The largest absolute Gasteiger partial charge is 0.465 e. The number of rotatable bonds is 4. The number of carbonyl (C=O) groups excluding carboxylic acids is 1. The smallest absolute Gasteiger partial charge is 0.326 e. The summed E-state index contributed by atoms with van der Waals surface area (Å²) in [5.41, 5.74) is -0.533. The molecule has 0 atom stereocenters. The fourth-order valence-electron chi connectivity index (χ4n) is 2.20. The summed E-state index contributed by atoms with van der Waals surface area (Å²) in [4.78, 5) is 12.0. The molecule has 1 saturated carbocycles. The topological polar surface area (TPSA) is 38.3 Å². The summed E-state index contributed by atoms with van der Waals surface area (Å²) in [5.74, 6) is 3.08. The maximum absolute atomic E-state index is 12.0. The van der Waals surface area contributed by atoms with Crippen molar-refractivity contribution in [2.75, 3.05) is 13.2 Å². The van der Waals surface area contributed by atoms with E-state index in [1.54, 1.807) is 0 Å². The number of ether oxygens (including phenoxy) is 1. The van der Waals surface area contributed by atoms with Crippen molar-refractivity contribution < 1.29 is 9.53 Å². The highest BCUT2D eigenvalue weighted by Gasteiger charge is 2.41. The van der Waals surface area contributed by atoms with Crippen molar-refractivity contribution in [3.05, 3.63) is 0 Å². The van der Waals surface area contributed by atoms with Crippen LogP contribution in [0.5, 0.6) is 0 Å². The van der Waals surface area contributed by atoms with Crippen LogP contribution < -0.4 is 5.32 Å². The minimum absolute atomic E-state index is 0.142. The van der Waals surface area contributed by atoms with Crippen molar-refractivity contribution in [2.24, 2.45) is 5.92 Å². The molecule has 0 saturated heterocycles. The fraction of sp³-hybridized carbons (Fsp3) is 0.769. The maximum atomic E-state index is 12.0. The third-order valence-corrected chi connectivity index (χ3v) is 3.32. The molecule has 0 aromatic rings. The van der Waals surface area contributed by atoms with Gasteiger partial charge in [-0.3, -0.25) is 10.1 Å². The zero-order valence-corrected chi connectivity index (χ0v) is 10.2. The third kappa shape index (κ3) is 2.99. The van der Waals surface area contributed by atoms with Gasteiger partial charge in [-0.1, -0.05) is 12.8 Å². The van der Waals surface area contributed by atoms with Crippen LogP contribution in [0.4, 0.5) is 0 Å². The van der Waals surface area contributed by atoms with Crippen LogP contribution in [0.3, 0.4) is 0 Å². The van der Waals surface area contributed by atoms with Gasteiger partial charge in [0.05, 0.1) is 13.2 Å². The summed E-state index contributed by atoms with van der Waals surface area (Å²) >= 11 is 0. The van der Waals surface area contributed by atoms with E-state index in [4.69, 9.17) is 11.2 Å². The first kappa shape index (κ1) is 13.1. The predicted molar refractivity (Wildman–Crippen MR) is 63.8 cm³/mol. The first-order valence-corrected chi connectivity index (χ1v) is 6.00. The normalized spacial score (nSPS) is 29.4. The number of esters is 1. The van der Waals surface area contributed by atoms with Gasteiger partial charge in [0.1, 0.15) is 5.54 Å². The average Bonchev–Trinajstić information content (AvgIpc) is 2.29. The molecule has 0 heterocycles. The molecule has 0 radical (unpaired) electrons. The van der Waals surface area contributed by atoms with Gasteiger partial charge in [-0.15, -0.1) is 6.42 Å². The number of hydrogen-bond acceptors (Lipinski definition) is 3. The highest BCUT2D eigenvalue weighted by Crippen LogP contribution is 2.32. The molecule has 0 aromatic carbocycles. The lowest BCUT2D eigenvalue weighted by Crippen LogP contribution is -2.55. The van der Waals surface area contributed by atoms with Gasteiger partial charge < -0.3 is 4.74 Å². The molecule has 1 fully saturated rings. The van der Waals surface area contributed by atoms with Gasteiger partial charge in [-0.05, 0) is 38.5 Å². The fourth-order valence-corrected chi connectivity index (χ4v) is 2.20. The van der Waals surface area contributed by atoms with E-state index in [1.807, 2.05) is 6.92 Å². The van der Waals surface area contributed by atoms with E-state index in [2.05, 4.69) is 18.2 Å². The molecule has 0 bridgehead atoms. The number of hydrogen-bond donors (Lipinski definition) is 1. The lowest BCUT2D eigenvalue weighted by Gasteiger charge is -2.37. The summed E-state index contributed by atoms with van der Waals surface area (Å²) < 4.78 is 5.15. The molecule has 3 heteroatoms. The first-order chi connectivity index (χ1) is 7.64. The summed E-state index contributed by atoms with van der Waals surface area (Å²) in [7, 11) is 0. The van der Waals surface area contributed by atoms with Crippen molar-refractivity contribution in [2.45, 2.75) is 45.1 Å². The molecule has 0 unspecified atom stereocenters. The Morgan fingerprint density at radius 2 is 2.19 bits per heavy atom. The van der Waals surface area contributed by atoms with Crippen molar-refractivity contribution in [1.29, 1.82) is 0 Å². The average molecular weight is 223 g/mol. The lowest BCUT2D eigenvalue weighted by molar-refractivity contribution is -0.153. The number of carbonyl (C=O) groups is 1. The van der Waals surface area contributed by atoms with Gasteiger partial charge in [-0.2, -0.15) is 0 Å². The molecule has 0 spiro atoms. The van der Waals surface area contributed by atoms with E-state index >= 15 is 0 Å². The predicted octanol–water partition coefficient (Wildman–Crippen LogP) is 1.72. The quantitative estimate of drug-likeness (QED) is 0.582. The number of nitrogens with one attached hydrogen (secondary N) is 1. The highest BCUT2D eigenvalue weighted by molar-refractivity contribution is 5.81. The number of terminal acetylenes is 1. The van der Waals surface area contributed by atoms with Crippen molar-refractivity contribution in [3.63, 3.8) is 0 Å². The minimum Gasteiger partial charge on any atom is -0.465 e. The van der Waals surface area contributed by atoms with Crippen LogP contribution in [-0.4, -0.2) is 24.7 Å². The van der Waals surface area contributed by atoms with Gasteiger partial charge >= 0.3 is 5.97 Å². The molecule has 90 valence electrons. The van der Waals surface area contributed by atoms with Gasteiger partial charge in [0.2, 0.25) is 0 Å². The lowest BCUT2D eigenvalue weighted by atomic mass is 9.77. The van der Waals surface area contributed by atoms with Crippen molar-refractivity contribution in [1.82, 2.24) is 5.32 Å². The first-order valence-electron chi connectivity index (χ1n) is 6.00. The summed E-state index contributed by atoms with van der Waals surface area (Å²) in [6.07, 6.45) is 9.00. The van der Waals surface area contributed by atoms with E-state index in [1.165, 1.54) is 0 Å². The Balaban J connectivity index is 2.69. The summed E-state index contributed by atoms with van der Waals surface area (Å²) in [5, 5.41) is 3.18. The Bertz CT molecular complexity index is 272. The SMILES string of the molecule is C#CCNC1(C(=O)OCC)CCC(C)CC1. The Morgan fingerprint density at radius 1 is 1.56 bits per heavy atom. The van der Waals surface area contributed by atoms with Crippen LogP contribution in [0.2, 0.25) is 0 Å². The second-order valence-electron chi connectivity index (χ2n) is 4.54. The molecular weight excluding hydrogens is 202 g/mol. The maximum Gasteiger partial charge on any atom is 0.326 e. The standard InChI is InChI=1S/C13H21NO2/c1-4-10-14-13(12(15)16-5-2)8-6-11(3)7-9-13/h1,11,14H,5-10H2,2-3H3. The minimum atomic E-state index is -0.533. The van der Waals surface area contributed by atoms with Crippen LogP contribution in [0.1, 0.15) is 39.5 Å². The molecule has 1 N–H and O–H groups in total. The van der Waals surface area contributed by atoms with Crippen LogP contribution >= 0.6 is 0 Å². The van der Waals surface area contributed by atoms with Gasteiger partial charge in [-0.25, -0.2) is 0 Å². The summed E-state index contributed by atoms with van der Waals surface area (Å²) in [6.45, 7) is 4.90. The van der Waals surface area contributed by atoms with Crippen molar-refractivity contribution in [3.8, 4) is 12.3 Å². The van der Waals surface area contributed by atoms with E-state index in [9.17, 15) is 4.79 Å². The third-order valence-electron chi connectivity index (χ3n) is 3.32. The Morgan fingerprint density at radius 3 is 2.69 bits per heavy atom. The van der Waals surface area contributed by atoms with E-state index < -0.39 is 5.54 Å². The van der Waals surface area contributed by atoms with Gasteiger partial charge in [0.15, 0.2) is 0 Å². The van der Waals surface area contributed by atoms with E-state index in [0.717, 1.165) is 25.7 Å². The van der Waals surface area contributed by atoms with Crippen LogP contribution in [-0.2, 0) is 9.53 Å². The van der Waals surface area contributed by atoms with E-state index in [0.29, 0.717) is 19.1 Å².